The first-order valence-electron chi connectivity index (χ1n) is 14.4. The fourth-order valence-corrected chi connectivity index (χ4v) is 5.30. The van der Waals surface area contributed by atoms with Crippen LogP contribution < -0.4 is 18.9 Å². The van der Waals surface area contributed by atoms with Crippen LogP contribution in [0.1, 0.15) is 36.6 Å². The van der Waals surface area contributed by atoms with Crippen LogP contribution in [-0.2, 0) is 0 Å². The third-order valence-corrected chi connectivity index (χ3v) is 7.53. The molecule has 1 aliphatic heterocycles. The number of H-pyrrole nitrogens is 1. The molecule has 1 N–H and O–H groups in total. The highest BCUT2D eigenvalue weighted by molar-refractivity contribution is 6.18. The van der Waals surface area contributed by atoms with E-state index in [-0.39, 0.29) is 34.1 Å². The lowest BCUT2D eigenvalue weighted by Gasteiger charge is -2.11. The van der Waals surface area contributed by atoms with Gasteiger partial charge in [0.2, 0.25) is 5.78 Å². The number of fused-ring (bicyclic) bond motifs is 2. The van der Waals surface area contributed by atoms with E-state index >= 15 is 0 Å². The van der Waals surface area contributed by atoms with Gasteiger partial charge in [0, 0.05) is 28.6 Å². The van der Waals surface area contributed by atoms with Crippen LogP contribution in [0.15, 0.2) is 127 Å². The molecule has 0 fully saturated rings. The number of aromatic amines is 1. The molecule has 2 heterocycles. The standard InChI is InChI=1S/C38H25NO7/c1-43-26-17-18-30-28(19-26)29(35(39-30)23-11-5-2-6-12-23)22-33-36(40)34-31(45-33)20-27(44-37(41)24-13-7-3-8-14-24)21-32(34)46-38(42)25-15-9-4-10-16-25/h2-22,39H,1H3. The van der Waals surface area contributed by atoms with Crippen LogP contribution in [-0.4, -0.2) is 29.8 Å². The van der Waals surface area contributed by atoms with Crippen molar-refractivity contribution in [1.82, 2.24) is 4.98 Å². The molecule has 0 radical (unpaired) electrons. The molecule has 0 saturated carbocycles. The van der Waals surface area contributed by atoms with E-state index in [1.54, 1.807) is 73.8 Å². The first kappa shape index (κ1) is 28.4. The van der Waals surface area contributed by atoms with Gasteiger partial charge < -0.3 is 23.9 Å². The van der Waals surface area contributed by atoms with Gasteiger partial charge in [-0.1, -0.05) is 66.7 Å². The molecule has 0 aliphatic carbocycles. The van der Waals surface area contributed by atoms with Gasteiger partial charge in [0.1, 0.15) is 28.6 Å². The third-order valence-electron chi connectivity index (χ3n) is 7.53. The number of benzene rings is 5. The maximum Gasteiger partial charge on any atom is 0.343 e. The molecule has 0 unspecified atom stereocenters. The van der Waals surface area contributed by atoms with E-state index in [9.17, 15) is 14.4 Å². The van der Waals surface area contributed by atoms with Gasteiger partial charge in [0.05, 0.1) is 23.9 Å². The van der Waals surface area contributed by atoms with E-state index in [0.29, 0.717) is 16.9 Å². The highest BCUT2D eigenvalue weighted by atomic mass is 16.6. The molecule has 8 heteroatoms. The number of Topliss-reactive ketones (excluding diaryl/α,β-unsaturated/α-hetero) is 1. The van der Waals surface area contributed by atoms with Gasteiger partial charge in [0.15, 0.2) is 5.76 Å². The van der Waals surface area contributed by atoms with Gasteiger partial charge >= 0.3 is 11.9 Å². The number of nitrogens with one attached hydrogen (secondary N) is 1. The van der Waals surface area contributed by atoms with Crippen LogP contribution in [0.5, 0.6) is 23.0 Å². The molecule has 0 saturated heterocycles. The molecule has 0 bridgehead atoms. The minimum atomic E-state index is -0.686. The van der Waals surface area contributed by atoms with Crippen molar-refractivity contribution < 1.29 is 33.3 Å². The minimum absolute atomic E-state index is 0.000512. The van der Waals surface area contributed by atoms with Crippen LogP contribution in [0.25, 0.3) is 28.2 Å². The lowest BCUT2D eigenvalue weighted by Crippen LogP contribution is -2.12. The van der Waals surface area contributed by atoms with Crippen molar-refractivity contribution in [3.8, 4) is 34.3 Å². The number of ether oxygens (including phenoxy) is 4. The van der Waals surface area contributed by atoms with E-state index in [2.05, 4.69) is 4.98 Å². The highest BCUT2D eigenvalue weighted by Crippen LogP contribution is 2.43. The summed E-state index contributed by atoms with van der Waals surface area (Å²) in [4.78, 5) is 43.5. The molecule has 0 atom stereocenters. The van der Waals surface area contributed by atoms with Gasteiger partial charge in [-0.3, -0.25) is 4.79 Å². The summed E-state index contributed by atoms with van der Waals surface area (Å²) in [5.74, 6) is -1.13. The second-order valence-electron chi connectivity index (χ2n) is 10.4. The fourth-order valence-electron chi connectivity index (χ4n) is 5.30. The average molecular weight is 608 g/mol. The number of hydrogen-bond donors (Lipinski definition) is 1. The SMILES string of the molecule is COc1ccc2[nH]c(-c3ccccc3)c(C=C3Oc4cc(OC(=O)c5ccccc5)cc(OC(=O)c5ccccc5)c4C3=O)c2c1. The zero-order valence-electron chi connectivity index (χ0n) is 24.5. The van der Waals surface area contributed by atoms with Gasteiger partial charge in [0.25, 0.3) is 0 Å². The van der Waals surface area contributed by atoms with E-state index in [1.165, 1.54) is 12.1 Å². The lowest BCUT2D eigenvalue weighted by atomic mass is 10.0. The molecular weight excluding hydrogens is 582 g/mol. The molecule has 0 amide bonds. The Hall–Kier alpha value is -6.41. The first-order valence-corrected chi connectivity index (χ1v) is 14.4. The number of allylic oxidation sites excluding steroid dienone is 1. The number of methoxy groups -OCH3 is 1. The van der Waals surface area contributed by atoms with Crippen molar-refractivity contribution in [2.45, 2.75) is 0 Å². The Morgan fingerprint density at radius 3 is 2.00 bits per heavy atom. The summed E-state index contributed by atoms with van der Waals surface area (Å²) in [6, 6.07) is 35.0. The van der Waals surface area contributed by atoms with Gasteiger partial charge in [-0.25, -0.2) is 9.59 Å². The molecule has 1 aromatic heterocycles. The van der Waals surface area contributed by atoms with Crippen molar-refractivity contribution in [3.63, 3.8) is 0 Å². The molecule has 1 aliphatic rings. The molecule has 224 valence electrons. The Balaban J connectivity index is 1.32. The molecule has 0 spiro atoms. The monoisotopic (exact) mass is 607 g/mol. The summed E-state index contributed by atoms with van der Waals surface area (Å²) in [6.45, 7) is 0. The topological polar surface area (TPSA) is 104 Å². The fraction of sp³-hybridized carbons (Fsp3) is 0.0263. The number of aromatic nitrogens is 1. The smallest absolute Gasteiger partial charge is 0.343 e. The number of esters is 2. The summed E-state index contributed by atoms with van der Waals surface area (Å²) in [5, 5.41) is 0.811. The zero-order chi connectivity index (χ0) is 31.6. The minimum Gasteiger partial charge on any atom is -0.497 e. The van der Waals surface area contributed by atoms with Crippen LogP contribution >= 0.6 is 0 Å². The Labute approximate surface area is 263 Å². The van der Waals surface area contributed by atoms with Gasteiger partial charge in [-0.05, 0) is 54.1 Å². The molecule has 6 aromatic rings. The Kier molecular flexibility index (Phi) is 7.36. The summed E-state index contributed by atoms with van der Waals surface area (Å²) < 4.78 is 23.0. The molecule has 46 heavy (non-hydrogen) atoms. The highest BCUT2D eigenvalue weighted by Gasteiger charge is 2.34. The molecule has 8 nitrogen and oxygen atoms in total. The number of carbonyl (C=O) groups is 3. The van der Waals surface area contributed by atoms with E-state index in [0.717, 1.165) is 22.2 Å². The normalized spacial score (nSPS) is 12.9. The Morgan fingerprint density at radius 1 is 0.717 bits per heavy atom. The predicted molar refractivity (Wildman–Crippen MR) is 172 cm³/mol. The predicted octanol–water partition coefficient (Wildman–Crippen LogP) is 7.90. The number of ketones is 1. The van der Waals surface area contributed by atoms with Crippen LogP contribution in [0.4, 0.5) is 0 Å². The van der Waals surface area contributed by atoms with Crippen LogP contribution in [0.2, 0.25) is 0 Å². The van der Waals surface area contributed by atoms with E-state index in [1.807, 2.05) is 48.5 Å². The molecular formula is C38H25NO7. The number of rotatable bonds is 7. The third kappa shape index (κ3) is 5.39. The van der Waals surface area contributed by atoms with E-state index < -0.39 is 17.7 Å². The summed E-state index contributed by atoms with van der Waals surface area (Å²) in [5.41, 5.74) is 3.86. The Bertz CT molecular complexity index is 2150. The van der Waals surface area contributed by atoms with Crippen LogP contribution in [0, 0.1) is 0 Å². The zero-order valence-corrected chi connectivity index (χ0v) is 24.5. The van der Waals surface area contributed by atoms with Gasteiger partial charge in [-0.15, -0.1) is 0 Å². The van der Waals surface area contributed by atoms with Crippen molar-refractivity contribution in [3.05, 3.63) is 149 Å². The van der Waals surface area contributed by atoms with Crippen molar-refractivity contribution >= 4 is 34.7 Å². The van der Waals surface area contributed by atoms with E-state index in [4.69, 9.17) is 18.9 Å². The first-order chi connectivity index (χ1) is 22.5. The summed E-state index contributed by atoms with van der Waals surface area (Å²) >= 11 is 0. The molecule has 7 rings (SSSR count). The second-order valence-corrected chi connectivity index (χ2v) is 10.4. The van der Waals surface area contributed by atoms with Crippen molar-refractivity contribution in [2.75, 3.05) is 7.11 Å². The molecule has 5 aromatic carbocycles. The van der Waals surface area contributed by atoms with Crippen molar-refractivity contribution in [1.29, 1.82) is 0 Å². The number of hydrogen-bond acceptors (Lipinski definition) is 7. The largest absolute Gasteiger partial charge is 0.497 e. The second kappa shape index (κ2) is 11.9. The Morgan fingerprint density at radius 2 is 1.35 bits per heavy atom. The van der Waals surface area contributed by atoms with Crippen molar-refractivity contribution in [2.24, 2.45) is 0 Å². The lowest BCUT2D eigenvalue weighted by molar-refractivity contribution is 0.0732. The number of carbonyl (C=O) groups excluding carboxylic acids is 3. The average Bonchev–Trinajstić information content (AvgIpc) is 3.62. The van der Waals surface area contributed by atoms with Gasteiger partial charge in [-0.2, -0.15) is 0 Å². The summed E-state index contributed by atoms with van der Waals surface area (Å²) in [6.07, 6.45) is 1.65. The summed E-state index contributed by atoms with van der Waals surface area (Å²) in [7, 11) is 1.59. The quantitative estimate of drug-likeness (QED) is 0.112. The van der Waals surface area contributed by atoms with Crippen LogP contribution in [0.3, 0.4) is 0 Å². The maximum atomic E-state index is 14.0. The maximum absolute atomic E-state index is 14.0.